The molecular weight excluding hydrogens is 256 g/mol. The first-order chi connectivity index (χ1) is 7.09. The van der Waals surface area contributed by atoms with Gasteiger partial charge in [-0.25, -0.2) is 0 Å². The standard InChI is InChI=1S/C11H17BrN2O/c1-14(2)7-9(13)8-15-11-6-4-3-5-10(11)12/h3-6,9H,7-8,13H2,1-2H3. The molecule has 0 aliphatic heterocycles. The molecule has 0 aliphatic carbocycles. The van der Waals surface area contributed by atoms with Crippen LogP contribution in [0.25, 0.3) is 0 Å². The van der Waals surface area contributed by atoms with Crippen molar-refractivity contribution in [2.24, 2.45) is 5.73 Å². The van der Waals surface area contributed by atoms with Crippen molar-refractivity contribution in [2.45, 2.75) is 6.04 Å². The van der Waals surface area contributed by atoms with Crippen LogP contribution in [-0.2, 0) is 0 Å². The Morgan fingerprint density at radius 1 is 1.40 bits per heavy atom. The highest BCUT2D eigenvalue weighted by molar-refractivity contribution is 9.10. The average Bonchev–Trinajstić information content (AvgIpc) is 2.15. The zero-order valence-corrected chi connectivity index (χ0v) is 10.7. The number of halogens is 1. The summed E-state index contributed by atoms with van der Waals surface area (Å²) < 4.78 is 6.56. The maximum absolute atomic E-state index is 5.89. The zero-order valence-electron chi connectivity index (χ0n) is 9.11. The molecule has 1 aromatic rings. The quantitative estimate of drug-likeness (QED) is 0.887. The molecule has 0 aliphatic rings. The predicted octanol–water partition coefficient (Wildman–Crippen LogP) is 1.72. The lowest BCUT2D eigenvalue weighted by Crippen LogP contribution is -2.37. The zero-order chi connectivity index (χ0) is 11.3. The fourth-order valence-corrected chi connectivity index (χ4v) is 1.68. The van der Waals surface area contributed by atoms with E-state index in [9.17, 15) is 0 Å². The largest absolute Gasteiger partial charge is 0.491 e. The van der Waals surface area contributed by atoms with Crippen molar-refractivity contribution in [1.82, 2.24) is 4.90 Å². The van der Waals surface area contributed by atoms with Gasteiger partial charge in [-0.15, -0.1) is 0 Å². The van der Waals surface area contributed by atoms with E-state index < -0.39 is 0 Å². The summed E-state index contributed by atoms with van der Waals surface area (Å²) in [6.45, 7) is 1.35. The van der Waals surface area contributed by atoms with E-state index in [0.717, 1.165) is 16.8 Å². The van der Waals surface area contributed by atoms with E-state index in [1.54, 1.807) is 0 Å². The molecule has 0 heterocycles. The van der Waals surface area contributed by atoms with Gasteiger partial charge in [-0.1, -0.05) is 12.1 Å². The Morgan fingerprint density at radius 2 is 2.07 bits per heavy atom. The molecule has 0 aromatic heterocycles. The van der Waals surface area contributed by atoms with Gasteiger partial charge < -0.3 is 15.4 Å². The molecule has 0 amide bonds. The fourth-order valence-electron chi connectivity index (χ4n) is 1.28. The number of likely N-dealkylation sites (N-methyl/N-ethyl adjacent to an activating group) is 1. The number of hydrogen-bond acceptors (Lipinski definition) is 3. The van der Waals surface area contributed by atoms with Gasteiger partial charge in [0.05, 0.1) is 10.5 Å². The lowest BCUT2D eigenvalue weighted by molar-refractivity contribution is 0.253. The van der Waals surface area contributed by atoms with Crippen molar-refractivity contribution in [3.05, 3.63) is 28.7 Å². The smallest absolute Gasteiger partial charge is 0.133 e. The number of benzene rings is 1. The minimum atomic E-state index is 0.0344. The number of rotatable bonds is 5. The summed E-state index contributed by atoms with van der Waals surface area (Å²) in [6.07, 6.45) is 0. The number of nitrogens with two attached hydrogens (primary N) is 1. The van der Waals surface area contributed by atoms with Gasteiger partial charge in [0.15, 0.2) is 0 Å². The first-order valence-corrected chi connectivity index (χ1v) is 5.66. The predicted molar refractivity (Wildman–Crippen MR) is 66.2 cm³/mol. The topological polar surface area (TPSA) is 38.5 Å². The van der Waals surface area contributed by atoms with Crippen molar-refractivity contribution in [3.8, 4) is 5.75 Å². The Hall–Kier alpha value is -0.580. The van der Waals surface area contributed by atoms with E-state index in [1.807, 2.05) is 43.3 Å². The van der Waals surface area contributed by atoms with Gasteiger partial charge in [-0.3, -0.25) is 0 Å². The minimum absolute atomic E-state index is 0.0344. The molecule has 15 heavy (non-hydrogen) atoms. The fraction of sp³-hybridized carbons (Fsp3) is 0.455. The van der Waals surface area contributed by atoms with Crippen LogP contribution in [0.15, 0.2) is 28.7 Å². The van der Waals surface area contributed by atoms with Crippen LogP contribution in [0.5, 0.6) is 5.75 Å². The lowest BCUT2D eigenvalue weighted by atomic mass is 10.3. The summed E-state index contributed by atoms with van der Waals surface area (Å²) in [5.41, 5.74) is 5.89. The van der Waals surface area contributed by atoms with Crippen LogP contribution in [0, 0.1) is 0 Å². The Morgan fingerprint density at radius 3 is 2.67 bits per heavy atom. The van der Waals surface area contributed by atoms with Crippen LogP contribution >= 0.6 is 15.9 Å². The van der Waals surface area contributed by atoms with Gasteiger partial charge in [-0.2, -0.15) is 0 Å². The molecule has 1 atom stereocenters. The van der Waals surface area contributed by atoms with Gasteiger partial charge >= 0.3 is 0 Å². The van der Waals surface area contributed by atoms with Crippen LogP contribution in [0.1, 0.15) is 0 Å². The molecule has 1 rings (SSSR count). The molecule has 0 fully saturated rings. The molecule has 1 unspecified atom stereocenters. The van der Waals surface area contributed by atoms with Gasteiger partial charge in [0, 0.05) is 6.54 Å². The normalized spacial score (nSPS) is 12.9. The SMILES string of the molecule is CN(C)CC(N)COc1ccccc1Br. The minimum Gasteiger partial charge on any atom is -0.491 e. The van der Waals surface area contributed by atoms with Crippen LogP contribution in [-0.4, -0.2) is 38.2 Å². The van der Waals surface area contributed by atoms with Crippen molar-refractivity contribution in [1.29, 1.82) is 0 Å². The molecule has 0 saturated heterocycles. The Bertz CT molecular complexity index is 304. The van der Waals surface area contributed by atoms with E-state index in [2.05, 4.69) is 15.9 Å². The first kappa shape index (κ1) is 12.5. The van der Waals surface area contributed by atoms with Crippen LogP contribution < -0.4 is 10.5 Å². The second-order valence-corrected chi connectivity index (χ2v) is 4.62. The highest BCUT2D eigenvalue weighted by Crippen LogP contribution is 2.23. The molecule has 3 nitrogen and oxygen atoms in total. The first-order valence-electron chi connectivity index (χ1n) is 4.87. The Balaban J connectivity index is 2.40. The third-order valence-electron chi connectivity index (χ3n) is 1.89. The molecule has 2 N–H and O–H groups in total. The molecule has 84 valence electrons. The van der Waals surface area contributed by atoms with E-state index in [-0.39, 0.29) is 6.04 Å². The summed E-state index contributed by atoms with van der Waals surface area (Å²) in [4.78, 5) is 2.05. The maximum atomic E-state index is 5.89. The molecule has 1 aromatic carbocycles. The molecule has 0 radical (unpaired) electrons. The van der Waals surface area contributed by atoms with E-state index in [4.69, 9.17) is 10.5 Å². The molecule has 4 heteroatoms. The monoisotopic (exact) mass is 272 g/mol. The van der Waals surface area contributed by atoms with Crippen LogP contribution in [0.2, 0.25) is 0 Å². The van der Waals surface area contributed by atoms with Crippen molar-refractivity contribution in [3.63, 3.8) is 0 Å². The summed E-state index contributed by atoms with van der Waals surface area (Å²) in [5, 5.41) is 0. The van der Waals surface area contributed by atoms with Gasteiger partial charge in [0.2, 0.25) is 0 Å². The number of hydrogen-bond donors (Lipinski definition) is 1. The van der Waals surface area contributed by atoms with E-state index >= 15 is 0 Å². The average molecular weight is 273 g/mol. The summed E-state index contributed by atoms with van der Waals surface area (Å²) in [7, 11) is 4.00. The van der Waals surface area contributed by atoms with E-state index in [1.165, 1.54) is 0 Å². The van der Waals surface area contributed by atoms with E-state index in [0.29, 0.717) is 6.61 Å². The summed E-state index contributed by atoms with van der Waals surface area (Å²) >= 11 is 3.42. The molecule has 0 spiro atoms. The second kappa shape index (κ2) is 6.10. The van der Waals surface area contributed by atoms with Crippen molar-refractivity contribution >= 4 is 15.9 Å². The number of para-hydroxylation sites is 1. The molecule has 0 saturated carbocycles. The number of nitrogens with zero attached hydrogens (tertiary/aromatic N) is 1. The summed E-state index contributed by atoms with van der Waals surface area (Å²) in [6, 6.07) is 7.81. The summed E-state index contributed by atoms with van der Waals surface area (Å²) in [5.74, 6) is 0.840. The van der Waals surface area contributed by atoms with Gasteiger partial charge in [0.25, 0.3) is 0 Å². The third-order valence-corrected chi connectivity index (χ3v) is 2.54. The van der Waals surface area contributed by atoms with Crippen molar-refractivity contribution in [2.75, 3.05) is 27.2 Å². The Kier molecular flexibility index (Phi) is 5.08. The van der Waals surface area contributed by atoms with Crippen LogP contribution in [0.3, 0.4) is 0 Å². The molecular formula is C11H17BrN2O. The highest BCUT2D eigenvalue weighted by Gasteiger charge is 2.06. The lowest BCUT2D eigenvalue weighted by Gasteiger charge is -2.17. The second-order valence-electron chi connectivity index (χ2n) is 3.76. The van der Waals surface area contributed by atoms with Crippen LogP contribution in [0.4, 0.5) is 0 Å². The number of ether oxygens (including phenoxy) is 1. The maximum Gasteiger partial charge on any atom is 0.133 e. The molecule has 0 bridgehead atoms. The van der Waals surface area contributed by atoms with Gasteiger partial charge in [0.1, 0.15) is 12.4 Å². The third kappa shape index (κ3) is 4.64. The Labute approximate surface area is 99.3 Å². The van der Waals surface area contributed by atoms with Gasteiger partial charge in [-0.05, 0) is 42.2 Å². The highest BCUT2D eigenvalue weighted by atomic mass is 79.9. The van der Waals surface area contributed by atoms with Crippen molar-refractivity contribution < 1.29 is 4.74 Å².